The summed E-state index contributed by atoms with van der Waals surface area (Å²) in [5.41, 5.74) is 0.480. The first kappa shape index (κ1) is 16.0. The van der Waals surface area contributed by atoms with Crippen LogP contribution in [0.4, 0.5) is 5.69 Å². The van der Waals surface area contributed by atoms with E-state index in [1.807, 2.05) is 6.92 Å². The van der Waals surface area contributed by atoms with Crippen molar-refractivity contribution >= 4 is 27.0 Å². The number of rotatable bonds is 8. The fraction of sp³-hybridized carbons (Fsp3) is 0.462. The summed E-state index contributed by atoms with van der Waals surface area (Å²) in [6.45, 7) is 6.36. The number of hydrogen-bond acceptors (Lipinski definition) is 5. The number of thiophene rings is 1. The number of anilines is 1. The Morgan fingerprint density at radius 3 is 2.86 bits per heavy atom. The van der Waals surface area contributed by atoms with Gasteiger partial charge in [-0.1, -0.05) is 6.92 Å². The summed E-state index contributed by atoms with van der Waals surface area (Å²) in [5, 5.41) is 8.97. The van der Waals surface area contributed by atoms with Gasteiger partial charge in [-0.15, -0.1) is 11.3 Å². The second kappa shape index (κ2) is 7.06. The molecule has 8 heteroatoms. The zero-order valence-electron chi connectivity index (χ0n) is 12.2. The predicted molar refractivity (Wildman–Crippen MR) is 85.0 cm³/mol. The number of aromatic nitrogens is 2. The van der Waals surface area contributed by atoms with E-state index in [9.17, 15) is 8.42 Å². The molecule has 6 nitrogen and oxygen atoms in total. The maximum Gasteiger partial charge on any atom is 0.262 e. The van der Waals surface area contributed by atoms with Crippen LogP contribution in [0.2, 0.25) is 0 Å². The molecule has 116 valence electrons. The molecule has 0 bridgehead atoms. The van der Waals surface area contributed by atoms with Crippen LogP contribution in [0.5, 0.6) is 0 Å². The highest BCUT2D eigenvalue weighted by Gasteiger charge is 2.17. The summed E-state index contributed by atoms with van der Waals surface area (Å²) in [4.78, 5) is 1.30. The Morgan fingerprint density at radius 2 is 2.19 bits per heavy atom. The first-order chi connectivity index (χ1) is 10.0. The standard InChI is InChI=1S/C13H20N4O2S2/c1-3-5-14-8-12-6-13(10-20-12)21(18,19)16-11-7-15-17(4-2)9-11/h6-7,9-10,14,16H,3-5,8H2,1-2H3. The number of sulfonamides is 1. The van der Waals surface area contributed by atoms with Gasteiger partial charge in [-0.25, -0.2) is 8.42 Å². The summed E-state index contributed by atoms with van der Waals surface area (Å²) < 4.78 is 28.8. The first-order valence-corrected chi connectivity index (χ1v) is 9.25. The van der Waals surface area contributed by atoms with Crippen molar-refractivity contribution in [1.82, 2.24) is 15.1 Å². The van der Waals surface area contributed by atoms with Crippen molar-refractivity contribution in [2.24, 2.45) is 0 Å². The predicted octanol–water partition coefficient (Wildman–Crippen LogP) is 2.26. The van der Waals surface area contributed by atoms with Gasteiger partial charge in [0.05, 0.1) is 16.8 Å². The van der Waals surface area contributed by atoms with E-state index in [-0.39, 0.29) is 0 Å². The molecular formula is C13H20N4O2S2. The van der Waals surface area contributed by atoms with Gasteiger partial charge in [0, 0.05) is 29.5 Å². The van der Waals surface area contributed by atoms with Crippen molar-refractivity contribution in [2.45, 2.75) is 38.3 Å². The summed E-state index contributed by atoms with van der Waals surface area (Å²) >= 11 is 1.44. The number of nitrogens with zero attached hydrogens (tertiary/aromatic N) is 2. The van der Waals surface area contributed by atoms with E-state index in [4.69, 9.17) is 0 Å². The van der Waals surface area contributed by atoms with Crippen LogP contribution in [0, 0.1) is 0 Å². The Balaban J connectivity index is 2.05. The van der Waals surface area contributed by atoms with Crippen LogP contribution in [-0.2, 0) is 23.1 Å². The Kier molecular flexibility index (Phi) is 5.38. The molecule has 2 heterocycles. The van der Waals surface area contributed by atoms with Gasteiger partial charge in [0.2, 0.25) is 0 Å². The summed E-state index contributed by atoms with van der Waals surface area (Å²) in [5.74, 6) is 0. The van der Waals surface area contributed by atoms with Crippen LogP contribution >= 0.6 is 11.3 Å². The smallest absolute Gasteiger partial charge is 0.262 e. The average molecular weight is 328 g/mol. The van der Waals surface area contributed by atoms with Crippen LogP contribution in [-0.4, -0.2) is 24.7 Å². The lowest BCUT2D eigenvalue weighted by molar-refractivity contribution is 0.601. The molecule has 0 aliphatic rings. The molecule has 0 atom stereocenters. The highest BCUT2D eigenvalue weighted by Crippen LogP contribution is 2.21. The summed E-state index contributed by atoms with van der Waals surface area (Å²) in [7, 11) is -3.54. The monoisotopic (exact) mass is 328 g/mol. The molecule has 0 fully saturated rings. The molecule has 2 rings (SSSR count). The molecule has 2 aromatic rings. The van der Waals surface area contributed by atoms with Crippen LogP contribution < -0.4 is 10.0 Å². The van der Waals surface area contributed by atoms with E-state index in [0.29, 0.717) is 23.7 Å². The molecule has 0 radical (unpaired) electrons. The molecular weight excluding hydrogens is 308 g/mol. The Labute approximate surface area is 129 Å². The molecule has 0 saturated carbocycles. The van der Waals surface area contributed by atoms with E-state index < -0.39 is 10.0 Å². The van der Waals surface area contributed by atoms with Gasteiger partial charge < -0.3 is 5.32 Å². The van der Waals surface area contributed by atoms with E-state index in [0.717, 1.165) is 17.8 Å². The fourth-order valence-corrected chi connectivity index (χ4v) is 4.06. The molecule has 0 saturated heterocycles. The topological polar surface area (TPSA) is 76.0 Å². The van der Waals surface area contributed by atoms with Crippen molar-refractivity contribution in [3.8, 4) is 0 Å². The number of hydrogen-bond donors (Lipinski definition) is 2. The SMILES string of the molecule is CCCNCc1cc(S(=O)(=O)Nc2cnn(CC)c2)cs1. The highest BCUT2D eigenvalue weighted by molar-refractivity contribution is 7.92. The Hall–Kier alpha value is -1.38. The van der Waals surface area contributed by atoms with Gasteiger partial charge in [-0.3, -0.25) is 9.40 Å². The largest absolute Gasteiger partial charge is 0.312 e. The number of nitrogens with one attached hydrogen (secondary N) is 2. The van der Waals surface area contributed by atoms with E-state index in [1.54, 1.807) is 22.3 Å². The number of aryl methyl sites for hydroxylation is 1. The van der Waals surface area contributed by atoms with Gasteiger partial charge in [0.15, 0.2) is 0 Å². The first-order valence-electron chi connectivity index (χ1n) is 6.88. The van der Waals surface area contributed by atoms with Crippen molar-refractivity contribution in [3.63, 3.8) is 0 Å². The van der Waals surface area contributed by atoms with Gasteiger partial charge in [-0.2, -0.15) is 5.10 Å². The van der Waals surface area contributed by atoms with Crippen molar-refractivity contribution in [1.29, 1.82) is 0 Å². The third-order valence-corrected chi connectivity index (χ3v) is 5.32. The second-order valence-corrected chi connectivity index (χ2v) is 7.29. The van der Waals surface area contributed by atoms with Crippen molar-refractivity contribution in [3.05, 3.63) is 28.7 Å². The van der Waals surface area contributed by atoms with E-state index >= 15 is 0 Å². The zero-order valence-corrected chi connectivity index (χ0v) is 13.8. The molecule has 0 aliphatic heterocycles. The lowest BCUT2D eigenvalue weighted by atomic mass is 10.4. The molecule has 0 aromatic carbocycles. The van der Waals surface area contributed by atoms with E-state index in [2.05, 4.69) is 22.1 Å². The molecule has 0 aliphatic carbocycles. The minimum Gasteiger partial charge on any atom is -0.312 e. The minimum atomic E-state index is -3.54. The third-order valence-electron chi connectivity index (χ3n) is 2.88. The Morgan fingerprint density at radius 1 is 1.38 bits per heavy atom. The van der Waals surface area contributed by atoms with Gasteiger partial charge in [0.1, 0.15) is 0 Å². The summed E-state index contributed by atoms with van der Waals surface area (Å²) in [6, 6.07) is 1.71. The molecule has 0 amide bonds. The molecule has 2 N–H and O–H groups in total. The maximum atomic E-state index is 12.3. The van der Waals surface area contributed by atoms with Crippen LogP contribution in [0.25, 0.3) is 0 Å². The van der Waals surface area contributed by atoms with Crippen molar-refractivity contribution in [2.75, 3.05) is 11.3 Å². The third kappa shape index (κ3) is 4.29. The highest BCUT2D eigenvalue weighted by atomic mass is 32.2. The minimum absolute atomic E-state index is 0.296. The lowest BCUT2D eigenvalue weighted by Gasteiger charge is -2.03. The second-order valence-electron chi connectivity index (χ2n) is 4.62. The lowest BCUT2D eigenvalue weighted by Crippen LogP contribution is -2.13. The molecule has 0 spiro atoms. The quantitative estimate of drug-likeness (QED) is 0.729. The van der Waals surface area contributed by atoms with Crippen LogP contribution in [0.1, 0.15) is 25.1 Å². The van der Waals surface area contributed by atoms with Gasteiger partial charge in [0.25, 0.3) is 10.0 Å². The van der Waals surface area contributed by atoms with Crippen molar-refractivity contribution < 1.29 is 8.42 Å². The average Bonchev–Trinajstić information content (AvgIpc) is 3.08. The molecule has 21 heavy (non-hydrogen) atoms. The fourth-order valence-electron chi connectivity index (χ4n) is 1.79. The molecule has 0 unspecified atom stereocenters. The van der Waals surface area contributed by atoms with Crippen LogP contribution in [0.15, 0.2) is 28.7 Å². The summed E-state index contributed by atoms with van der Waals surface area (Å²) in [6.07, 6.45) is 4.24. The van der Waals surface area contributed by atoms with Gasteiger partial charge >= 0.3 is 0 Å². The van der Waals surface area contributed by atoms with Crippen LogP contribution in [0.3, 0.4) is 0 Å². The Bertz CT molecular complexity index is 676. The molecule has 2 aromatic heterocycles. The zero-order chi connectivity index (χ0) is 15.3. The van der Waals surface area contributed by atoms with E-state index in [1.165, 1.54) is 17.5 Å². The maximum absolute atomic E-state index is 12.3. The normalized spacial score (nSPS) is 11.7. The van der Waals surface area contributed by atoms with Gasteiger partial charge in [-0.05, 0) is 26.0 Å².